The van der Waals surface area contributed by atoms with Gasteiger partial charge in [0.1, 0.15) is 0 Å². The number of hydrogen-bond donors (Lipinski definition) is 3. The topological polar surface area (TPSA) is 128 Å². The van der Waals surface area contributed by atoms with Gasteiger partial charge in [-0.15, -0.1) is 0 Å². The van der Waals surface area contributed by atoms with Crippen LogP contribution in [0.2, 0.25) is 0 Å². The summed E-state index contributed by atoms with van der Waals surface area (Å²) in [6, 6.07) is 5.70. The summed E-state index contributed by atoms with van der Waals surface area (Å²) in [6.07, 6.45) is 6.94. The minimum Gasteiger partial charge on any atom is -0.382 e. The number of rotatable bonds is 7. The molecule has 0 bridgehead atoms. The van der Waals surface area contributed by atoms with Crippen molar-refractivity contribution in [1.82, 2.24) is 25.1 Å². The molecule has 0 radical (unpaired) electrons. The minimum atomic E-state index is -0.458. The van der Waals surface area contributed by atoms with E-state index in [4.69, 9.17) is 5.73 Å². The molecule has 0 aliphatic heterocycles. The monoisotopic (exact) mass is 393 g/mol. The highest BCUT2D eigenvalue weighted by Gasteiger charge is 2.13. The lowest BCUT2D eigenvalue weighted by atomic mass is 10.1. The number of benzene rings is 1. The van der Waals surface area contributed by atoms with Gasteiger partial charge in [0.05, 0.1) is 18.4 Å². The molecule has 4 N–H and O–H groups in total. The molecule has 9 nitrogen and oxygen atoms in total. The van der Waals surface area contributed by atoms with Crippen LogP contribution in [0, 0.1) is 6.92 Å². The number of carbonyl (C=O) groups excluding carboxylic acids is 2. The summed E-state index contributed by atoms with van der Waals surface area (Å²) in [7, 11) is 0. The largest absolute Gasteiger partial charge is 0.382 e. The molecular formula is C20H23N7O2. The second-order valence-electron chi connectivity index (χ2n) is 6.63. The average Bonchev–Trinajstić information content (AvgIpc) is 3.12. The number of amides is 2. The van der Waals surface area contributed by atoms with E-state index in [1.807, 2.05) is 32.0 Å². The zero-order valence-corrected chi connectivity index (χ0v) is 16.3. The molecule has 0 aliphatic carbocycles. The van der Waals surface area contributed by atoms with Gasteiger partial charge in [0.15, 0.2) is 11.5 Å². The molecule has 29 heavy (non-hydrogen) atoms. The molecule has 0 saturated heterocycles. The molecule has 9 heteroatoms. The lowest BCUT2D eigenvalue weighted by Gasteiger charge is -2.08. The number of nitrogens with one attached hydrogen (secondary N) is 2. The van der Waals surface area contributed by atoms with Crippen LogP contribution in [0.25, 0.3) is 0 Å². The fourth-order valence-corrected chi connectivity index (χ4v) is 2.84. The molecule has 0 fully saturated rings. The highest BCUT2D eigenvalue weighted by molar-refractivity contribution is 6.05. The van der Waals surface area contributed by atoms with Crippen molar-refractivity contribution < 1.29 is 9.59 Å². The third-order valence-electron chi connectivity index (χ3n) is 4.11. The van der Waals surface area contributed by atoms with E-state index < -0.39 is 5.91 Å². The molecule has 3 rings (SSSR count). The smallest absolute Gasteiger partial charge is 0.278 e. The van der Waals surface area contributed by atoms with Crippen LogP contribution in [-0.2, 0) is 6.54 Å². The molecule has 3 aromatic rings. The van der Waals surface area contributed by atoms with Gasteiger partial charge >= 0.3 is 0 Å². The Bertz CT molecular complexity index is 1030. The molecule has 2 amide bonds. The SMILES string of the molecule is CCCNC(=O)c1cc(C)cc(Cn2cc(NC(=O)c3nccnc3N)cn2)c1. The van der Waals surface area contributed by atoms with E-state index in [2.05, 4.69) is 25.7 Å². The van der Waals surface area contributed by atoms with Crippen LogP contribution in [0.4, 0.5) is 11.5 Å². The van der Waals surface area contributed by atoms with E-state index >= 15 is 0 Å². The number of nitrogen functional groups attached to an aromatic ring is 1. The predicted molar refractivity (Wildman–Crippen MR) is 110 cm³/mol. The third kappa shape index (κ3) is 5.16. The molecule has 150 valence electrons. The molecule has 0 spiro atoms. The average molecular weight is 393 g/mol. The summed E-state index contributed by atoms with van der Waals surface area (Å²) in [5.74, 6) is -0.488. The van der Waals surface area contributed by atoms with Gasteiger partial charge in [-0.1, -0.05) is 13.0 Å². The summed E-state index contributed by atoms with van der Waals surface area (Å²) in [5, 5.41) is 9.85. The zero-order valence-electron chi connectivity index (χ0n) is 16.3. The molecule has 0 atom stereocenters. The van der Waals surface area contributed by atoms with Crippen molar-refractivity contribution >= 4 is 23.3 Å². The van der Waals surface area contributed by atoms with Gasteiger partial charge in [-0.25, -0.2) is 9.97 Å². The molecule has 0 aliphatic rings. The molecule has 1 aromatic carbocycles. The van der Waals surface area contributed by atoms with Crippen LogP contribution in [0.5, 0.6) is 0 Å². The van der Waals surface area contributed by atoms with Crippen molar-refractivity contribution in [2.24, 2.45) is 0 Å². The normalized spacial score (nSPS) is 10.6. The maximum atomic E-state index is 12.3. The van der Waals surface area contributed by atoms with Crippen molar-refractivity contribution in [2.45, 2.75) is 26.8 Å². The van der Waals surface area contributed by atoms with Crippen molar-refractivity contribution in [3.8, 4) is 0 Å². The van der Waals surface area contributed by atoms with E-state index in [-0.39, 0.29) is 17.4 Å². The summed E-state index contributed by atoms with van der Waals surface area (Å²) in [6.45, 7) is 5.05. The fourth-order valence-electron chi connectivity index (χ4n) is 2.84. The van der Waals surface area contributed by atoms with Crippen LogP contribution >= 0.6 is 0 Å². The summed E-state index contributed by atoms with van der Waals surface area (Å²) < 4.78 is 1.68. The Morgan fingerprint density at radius 3 is 2.69 bits per heavy atom. The number of aromatic nitrogens is 4. The molecule has 0 saturated carbocycles. The van der Waals surface area contributed by atoms with Crippen molar-refractivity contribution in [3.05, 3.63) is 65.4 Å². The number of hydrogen-bond acceptors (Lipinski definition) is 6. The lowest BCUT2D eigenvalue weighted by Crippen LogP contribution is -2.24. The number of aryl methyl sites for hydroxylation is 1. The number of anilines is 2. The Morgan fingerprint density at radius 1 is 1.14 bits per heavy atom. The van der Waals surface area contributed by atoms with E-state index in [1.165, 1.54) is 18.6 Å². The zero-order chi connectivity index (χ0) is 20.8. The maximum absolute atomic E-state index is 12.3. The standard InChI is InChI=1S/C20H23N7O2/c1-3-4-24-19(28)15-8-13(2)7-14(9-15)11-27-12-16(10-25-27)26-20(29)17-18(21)23-6-5-22-17/h5-10,12H,3-4,11H2,1-2H3,(H2,21,23)(H,24,28)(H,26,29). The molecule has 2 aromatic heterocycles. The lowest BCUT2D eigenvalue weighted by molar-refractivity contribution is 0.0952. The van der Waals surface area contributed by atoms with Gasteiger partial charge in [-0.2, -0.15) is 5.10 Å². The Hall–Kier alpha value is -3.75. The van der Waals surface area contributed by atoms with Crippen LogP contribution in [0.1, 0.15) is 45.3 Å². The second-order valence-corrected chi connectivity index (χ2v) is 6.63. The summed E-state index contributed by atoms with van der Waals surface area (Å²) >= 11 is 0. The first kappa shape index (κ1) is 20.0. The first-order valence-electron chi connectivity index (χ1n) is 9.25. The highest BCUT2D eigenvalue weighted by Crippen LogP contribution is 2.14. The third-order valence-corrected chi connectivity index (χ3v) is 4.11. The number of nitrogens with zero attached hydrogens (tertiary/aromatic N) is 4. The first-order chi connectivity index (χ1) is 14.0. The predicted octanol–water partition coefficient (Wildman–Crippen LogP) is 2.00. The van der Waals surface area contributed by atoms with Crippen LogP contribution in [0.3, 0.4) is 0 Å². The van der Waals surface area contributed by atoms with Gasteiger partial charge in [0.2, 0.25) is 0 Å². The Morgan fingerprint density at radius 2 is 1.93 bits per heavy atom. The van der Waals surface area contributed by atoms with Gasteiger partial charge in [0.25, 0.3) is 11.8 Å². The Balaban J connectivity index is 1.70. The van der Waals surface area contributed by atoms with Crippen LogP contribution < -0.4 is 16.4 Å². The van der Waals surface area contributed by atoms with E-state index in [1.54, 1.807) is 10.9 Å². The van der Waals surface area contributed by atoms with E-state index in [0.717, 1.165) is 17.5 Å². The van der Waals surface area contributed by atoms with Crippen molar-refractivity contribution in [2.75, 3.05) is 17.6 Å². The number of carbonyl (C=O) groups is 2. The van der Waals surface area contributed by atoms with Gasteiger partial charge in [-0.3, -0.25) is 14.3 Å². The Labute approximate surface area is 168 Å². The minimum absolute atomic E-state index is 0.0571. The number of nitrogens with two attached hydrogens (primary N) is 1. The molecular weight excluding hydrogens is 370 g/mol. The molecule has 0 unspecified atom stereocenters. The van der Waals surface area contributed by atoms with Crippen LogP contribution in [-0.4, -0.2) is 38.1 Å². The Kier molecular flexibility index (Phi) is 6.18. The van der Waals surface area contributed by atoms with Gasteiger partial charge in [0, 0.05) is 30.7 Å². The van der Waals surface area contributed by atoms with Crippen LogP contribution in [0.15, 0.2) is 43.0 Å². The molecule has 2 heterocycles. The van der Waals surface area contributed by atoms with E-state index in [9.17, 15) is 9.59 Å². The summed E-state index contributed by atoms with van der Waals surface area (Å²) in [4.78, 5) is 32.3. The second kappa shape index (κ2) is 8.96. The van der Waals surface area contributed by atoms with Gasteiger partial charge < -0.3 is 16.4 Å². The fraction of sp³-hybridized carbons (Fsp3) is 0.250. The highest BCUT2D eigenvalue weighted by atomic mass is 16.2. The van der Waals surface area contributed by atoms with E-state index in [0.29, 0.717) is 24.3 Å². The van der Waals surface area contributed by atoms with Gasteiger partial charge in [-0.05, 0) is 36.6 Å². The summed E-state index contributed by atoms with van der Waals surface area (Å²) in [5.41, 5.74) is 8.79. The first-order valence-corrected chi connectivity index (χ1v) is 9.25. The maximum Gasteiger partial charge on any atom is 0.278 e. The van der Waals surface area contributed by atoms with Crippen molar-refractivity contribution in [1.29, 1.82) is 0 Å². The quantitative estimate of drug-likeness (QED) is 0.563. The van der Waals surface area contributed by atoms with Crippen molar-refractivity contribution in [3.63, 3.8) is 0 Å².